The van der Waals surface area contributed by atoms with Crippen molar-refractivity contribution in [3.63, 3.8) is 0 Å². The van der Waals surface area contributed by atoms with Gasteiger partial charge in [-0.25, -0.2) is 13.8 Å². The van der Waals surface area contributed by atoms with E-state index in [9.17, 15) is 13.2 Å². The number of hydrogen-bond donors (Lipinski definition) is 1. The number of carbonyl (C=O) groups is 1. The fourth-order valence-corrected chi connectivity index (χ4v) is 4.92. The van der Waals surface area contributed by atoms with Crippen molar-refractivity contribution in [2.24, 2.45) is 5.10 Å². The van der Waals surface area contributed by atoms with E-state index in [4.69, 9.17) is 11.6 Å². The number of benzene rings is 3. The first-order valence-electron chi connectivity index (χ1n) is 11.2. The van der Waals surface area contributed by atoms with Gasteiger partial charge >= 0.3 is 0 Å². The molecule has 8 heteroatoms. The zero-order valence-corrected chi connectivity index (χ0v) is 21.9. The highest BCUT2D eigenvalue weighted by molar-refractivity contribution is 7.92. The maximum absolute atomic E-state index is 12.6. The predicted molar refractivity (Wildman–Crippen MR) is 144 cm³/mol. The average Bonchev–Trinajstić information content (AvgIpc) is 2.82. The molecule has 0 unspecified atom stereocenters. The molecule has 0 radical (unpaired) electrons. The highest BCUT2D eigenvalue weighted by Crippen LogP contribution is 2.27. The normalized spacial score (nSPS) is 12.3. The van der Waals surface area contributed by atoms with Gasteiger partial charge < -0.3 is 0 Å². The van der Waals surface area contributed by atoms with Gasteiger partial charge in [0.2, 0.25) is 10.0 Å². The summed E-state index contributed by atoms with van der Waals surface area (Å²) in [7, 11) is -3.58. The lowest BCUT2D eigenvalue weighted by atomic mass is 9.80. The molecule has 0 aromatic heterocycles. The third-order valence-corrected chi connectivity index (χ3v) is 7.20. The molecule has 35 heavy (non-hydrogen) atoms. The maximum atomic E-state index is 12.6. The van der Waals surface area contributed by atoms with E-state index in [2.05, 4.69) is 36.5 Å². The summed E-state index contributed by atoms with van der Waals surface area (Å²) in [5.41, 5.74) is 5.96. The van der Waals surface area contributed by atoms with E-state index in [1.54, 1.807) is 48.5 Å². The average molecular weight is 512 g/mol. The van der Waals surface area contributed by atoms with E-state index >= 15 is 0 Å². The van der Waals surface area contributed by atoms with E-state index in [0.29, 0.717) is 28.3 Å². The number of nitrogens with zero attached hydrogens (tertiary/aromatic N) is 2. The molecule has 0 aliphatic rings. The highest BCUT2D eigenvalue weighted by atomic mass is 35.5. The van der Waals surface area contributed by atoms with Crippen LogP contribution in [-0.2, 0) is 22.0 Å². The van der Waals surface area contributed by atoms with Crippen LogP contribution in [0.1, 0.15) is 48.7 Å². The van der Waals surface area contributed by atoms with Gasteiger partial charge in [0.25, 0.3) is 5.91 Å². The van der Waals surface area contributed by atoms with Gasteiger partial charge in [0.15, 0.2) is 0 Å². The standard InChI is InChI=1S/C27H30ClN3O3S/c1-20(18-27(2,3)23-11-6-5-7-12-23)29-30-26(32)21-14-16-24(17-15-21)31(35(4,33)34)19-22-10-8-9-13-25(22)28/h5-17H,18-19H2,1-4H3,(H,30,32)/b29-20-. The molecule has 184 valence electrons. The Morgan fingerprint density at radius 1 is 0.971 bits per heavy atom. The number of rotatable bonds is 9. The van der Waals surface area contributed by atoms with Crippen LogP contribution in [0.2, 0.25) is 5.02 Å². The van der Waals surface area contributed by atoms with Crippen molar-refractivity contribution < 1.29 is 13.2 Å². The Balaban J connectivity index is 1.70. The molecule has 1 amide bonds. The molecule has 0 bridgehead atoms. The van der Waals surface area contributed by atoms with Crippen molar-refractivity contribution in [3.05, 3.63) is 101 Å². The molecule has 3 rings (SSSR count). The first kappa shape index (κ1) is 26.4. The van der Waals surface area contributed by atoms with Crippen molar-refractivity contribution in [1.29, 1.82) is 0 Å². The van der Waals surface area contributed by atoms with Gasteiger partial charge in [0, 0.05) is 16.3 Å². The lowest BCUT2D eigenvalue weighted by Crippen LogP contribution is -2.29. The molecule has 0 aliphatic carbocycles. The summed E-state index contributed by atoms with van der Waals surface area (Å²) >= 11 is 6.22. The third-order valence-electron chi connectivity index (χ3n) is 5.69. The topological polar surface area (TPSA) is 78.8 Å². The van der Waals surface area contributed by atoms with Crippen molar-refractivity contribution in [1.82, 2.24) is 5.43 Å². The van der Waals surface area contributed by atoms with Crippen molar-refractivity contribution in [3.8, 4) is 0 Å². The van der Waals surface area contributed by atoms with Gasteiger partial charge in [-0.05, 0) is 60.2 Å². The molecule has 0 fully saturated rings. The molecule has 0 heterocycles. The van der Waals surface area contributed by atoms with Crippen LogP contribution in [0.15, 0.2) is 84.0 Å². The van der Waals surface area contributed by atoms with Crippen LogP contribution in [-0.4, -0.2) is 26.3 Å². The Morgan fingerprint density at radius 3 is 2.17 bits per heavy atom. The van der Waals surface area contributed by atoms with Crippen LogP contribution < -0.4 is 9.73 Å². The third kappa shape index (κ3) is 7.16. The molecule has 0 atom stereocenters. The van der Waals surface area contributed by atoms with Gasteiger partial charge in [-0.1, -0.05) is 74.0 Å². The van der Waals surface area contributed by atoms with E-state index in [0.717, 1.165) is 12.0 Å². The Labute approximate surface area is 212 Å². The molecule has 6 nitrogen and oxygen atoms in total. The Morgan fingerprint density at radius 2 is 1.57 bits per heavy atom. The summed E-state index contributed by atoms with van der Waals surface area (Å²) in [6.07, 6.45) is 1.82. The molecule has 3 aromatic carbocycles. The Bertz CT molecular complexity index is 1310. The first-order valence-corrected chi connectivity index (χ1v) is 13.4. The minimum absolute atomic E-state index is 0.0880. The van der Waals surface area contributed by atoms with Crippen LogP contribution in [0, 0.1) is 0 Å². The first-order chi connectivity index (χ1) is 16.5. The maximum Gasteiger partial charge on any atom is 0.271 e. The van der Waals surface area contributed by atoms with E-state index < -0.39 is 10.0 Å². The number of sulfonamides is 1. The number of amides is 1. The Hall–Kier alpha value is -3.16. The number of carbonyl (C=O) groups excluding carboxylic acids is 1. The smallest absolute Gasteiger partial charge is 0.267 e. The van der Waals surface area contributed by atoms with Gasteiger partial charge in [0.1, 0.15) is 0 Å². The molecule has 3 aromatic rings. The van der Waals surface area contributed by atoms with Crippen LogP contribution in [0.4, 0.5) is 5.69 Å². The minimum atomic E-state index is -3.58. The monoisotopic (exact) mass is 511 g/mol. The Kier molecular flexibility index (Phi) is 8.35. The van der Waals surface area contributed by atoms with Gasteiger partial charge in [0.05, 0.1) is 18.5 Å². The summed E-state index contributed by atoms with van der Waals surface area (Å²) in [5, 5.41) is 4.76. The van der Waals surface area contributed by atoms with Gasteiger partial charge in [-0.2, -0.15) is 5.10 Å². The summed E-state index contributed by atoms with van der Waals surface area (Å²) in [6, 6.07) is 23.6. The number of nitrogens with one attached hydrogen (secondary N) is 1. The zero-order chi connectivity index (χ0) is 25.6. The van der Waals surface area contributed by atoms with Crippen molar-refractivity contribution in [2.45, 2.75) is 39.2 Å². The second-order valence-electron chi connectivity index (χ2n) is 9.12. The van der Waals surface area contributed by atoms with Crippen LogP contribution >= 0.6 is 11.6 Å². The molecule has 0 saturated heterocycles. The molecule has 1 N–H and O–H groups in total. The highest BCUT2D eigenvalue weighted by Gasteiger charge is 2.22. The quantitative estimate of drug-likeness (QED) is 0.292. The van der Waals surface area contributed by atoms with E-state index in [1.807, 2.05) is 25.1 Å². The van der Waals surface area contributed by atoms with Crippen molar-refractivity contribution >= 4 is 38.9 Å². The molecule has 0 saturated carbocycles. The number of anilines is 1. The molecule has 0 spiro atoms. The second-order valence-corrected chi connectivity index (χ2v) is 11.4. The van der Waals surface area contributed by atoms with E-state index in [-0.39, 0.29) is 17.9 Å². The lowest BCUT2D eigenvalue weighted by molar-refractivity contribution is 0.0954. The zero-order valence-electron chi connectivity index (χ0n) is 20.3. The largest absolute Gasteiger partial charge is 0.271 e. The SMILES string of the molecule is C/C(CC(C)(C)c1ccccc1)=N/NC(=O)c1ccc(N(Cc2ccccc2Cl)S(C)(=O)=O)cc1. The minimum Gasteiger partial charge on any atom is -0.267 e. The van der Waals surface area contributed by atoms with Crippen molar-refractivity contribution in [2.75, 3.05) is 10.6 Å². The molecular formula is C27H30ClN3O3S. The molecular weight excluding hydrogens is 482 g/mol. The summed E-state index contributed by atoms with van der Waals surface area (Å²) in [6.45, 7) is 6.24. The van der Waals surface area contributed by atoms with Crippen LogP contribution in [0.5, 0.6) is 0 Å². The summed E-state index contributed by atoms with van der Waals surface area (Å²) in [5.74, 6) is -0.370. The molecule has 0 aliphatic heterocycles. The summed E-state index contributed by atoms with van der Waals surface area (Å²) in [4.78, 5) is 12.6. The van der Waals surface area contributed by atoms with E-state index in [1.165, 1.54) is 9.87 Å². The fraction of sp³-hybridized carbons (Fsp3) is 0.259. The lowest BCUT2D eigenvalue weighted by Gasteiger charge is -2.25. The predicted octanol–water partition coefficient (Wildman–Crippen LogP) is 5.78. The van der Waals surface area contributed by atoms with Crippen LogP contribution in [0.3, 0.4) is 0 Å². The number of hydrazone groups is 1. The van der Waals surface area contributed by atoms with Crippen LogP contribution in [0.25, 0.3) is 0 Å². The second kappa shape index (κ2) is 11.1. The number of halogens is 1. The number of hydrogen-bond acceptors (Lipinski definition) is 4. The summed E-state index contributed by atoms with van der Waals surface area (Å²) < 4.78 is 26.1. The fourth-order valence-electron chi connectivity index (χ4n) is 3.84. The van der Waals surface area contributed by atoms with Gasteiger partial charge in [-0.15, -0.1) is 0 Å². The van der Waals surface area contributed by atoms with Gasteiger partial charge in [-0.3, -0.25) is 9.10 Å².